The van der Waals surface area contributed by atoms with Crippen molar-refractivity contribution < 1.29 is 9.59 Å². The van der Waals surface area contributed by atoms with Crippen LogP contribution in [-0.2, 0) is 23.2 Å². The second kappa shape index (κ2) is 7.55. The number of fused-ring (bicyclic) bond motifs is 2. The standard InChI is InChI=1S/C24H27N5O3/c1-14(30)26-17-4-5-21-19(10-17)20-13-27(3)23-22(20)16(11-25-24(23)32)12-29(21)18-6-8-28(9-7-18)15(2)31/h4-5,10-11,13,18H,6-9,12H2,1-3H3,(H,25,32)(H,26,30). The molecule has 8 heteroatoms. The van der Waals surface area contributed by atoms with Crippen molar-refractivity contribution >= 4 is 34.1 Å². The van der Waals surface area contributed by atoms with E-state index in [1.165, 1.54) is 6.92 Å². The molecule has 0 spiro atoms. The Hall–Kier alpha value is -3.55. The third kappa shape index (κ3) is 3.26. The van der Waals surface area contributed by atoms with Crippen LogP contribution in [0.25, 0.3) is 22.0 Å². The molecule has 5 rings (SSSR count). The average Bonchev–Trinajstić information content (AvgIpc) is 3.05. The van der Waals surface area contributed by atoms with Crippen LogP contribution in [0.1, 0.15) is 32.3 Å². The van der Waals surface area contributed by atoms with Crippen LogP contribution in [0.15, 0.2) is 35.4 Å². The number of aromatic amines is 1. The van der Waals surface area contributed by atoms with Gasteiger partial charge in [0.05, 0.1) is 0 Å². The van der Waals surface area contributed by atoms with Crippen molar-refractivity contribution in [2.24, 2.45) is 7.05 Å². The molecule has 3 aromatic rings. The number of amides is 2. The normalized spacial score (nSPS) is 16.1. The molecular weight excluding hydrogens is 406 g/mol. The van der Waals surface area contributed by atoms with Gasteiger partial charge in [-0.1, -0.05) is 0 Å². The molecule has 8 nitrogen and oxygen atoms in total. The molecule has 32 heavy (non-hydrogen) atoms. The Morgan fingerprint density at radius 3 is 2.56 bits per heavy atom. The number of anilines is 2. The van der Waals surface area contributed by atoms with E-state index in [9.17, 15) is 14.4 Å². The molecule has 2 amide bonds. The Morgan fingerprint density at radius 2 is 1.88 bits per heavy atom. The summed E-state index contributed by atoms with van der Waals surface area (Å²) in [7, 11) is 1.89. The summed E-state index contributed by atoms with van der Waals surface area (Å²) in [4.78, 5) is 43.3. The Labute approximate surface area is 185 Å². The number of carbonyl (C=O) groups is 2. The van der Waals surface area contributed by atoms with E-state index in [-0.39, 0.29) is 23.4 Å². The van der Waals surface area contributed by atoms with Gasteiger partial charge in [0.25, 0.3) is 5.56 Å². The van der Waals surface area contributed by atoms with E-state index >= 15 is 0 Å². The van der Waals surface area contributed by atoms with Gasteiger partial charge in [-0.3, -0.25) is 14.4 Å². The molecule has 0 radical (unpaired) electrons. The summed E-state index contributed by atoms with van der Waals surface area (Å²) >= 11 is 0. The number of likely N-dealkylation sites (tertiary alicyclic amines) is 1. The fourth-order valence-corrected chi connectivity index (χ4v) is 5.22. The SMILES string of the molecule is CC(=O)Nc1ccc2c(c1)-c1cn(C)c3c(=O)[nH]cc(c13)CN2C1CCN(C(C)=O)CC1. The minimum atomic E-state index is -0.123. The molecule has 0 unspecified atom stereocenters. The summed E-state index contributed by atoms with van der Waals surface area (Å²) in [6.07, 6.45) is 5.60. The third-order valence-corrected chi connectivity index (χ3v) is 6.70. The number of nitrogens with one attached hydrogen (secondary N) is 2. The Bertz CT molecular complexity index is 1300. The fourth-order valence-electron chi connectivity index (χ4n) is 5.22. The predicted molar refractivity (Wildman–Crippen MR) is 125 cm³/mol. The maximum atomic E-state index is 12.6. The summed E-state index contributed by atoms with van der Waals surface area (Å²) in [5.74, 6) is -0.00280. The molecule has 1 aromatic carbocycles. The molecule has 0 atom stereocenters. The lowest BCUT2D eigenvalue weighted by molar-refractivity contribution is -0.129. The summed E-state index contributed by atoms with van der Waals surface area (Å²) in [6.45, 7) is 5.27. The van der Waals surface area contributed by atoms with Crippen LogP contribution in [0.4, 0.5) is 11.4 Å². The second-order valence-electron chi connectivity index (χ2n) is 8.80. The van der Waals surface area contributed by atoms with Gasteiger partial charge in [-0.25, -0.2) is 0 Å². The van der Waals surface area contributed by atoms with E-state index in [2.05, 4.69) is 21.3 Å². The summed E-state index contributed by atoms with van der Waals surface area (Å²) in [5.41, 5.74) is 5.42. The first-order chi connectivity index (χ1) is 15.3. The molecule has 4 heterocycles. The molecule has 2 N–H and O–H groups in total. The maximum Gasteiger partial charge on any atom is 0.272 e. The van der Waals surface area contributed by atoms with Crippen molar-refractivity contribution in [2.75, 3.05) is 23.3 Å². The molecule has 2 aromatic heterocycles. The number of aromatic nitrogens is 2. The van der Waals surface area contributed by atoms with Gasteiger partial charge in [-0.05, 0) is 36.6 Å². The van der Waals surface area contributed by atoms with Gasteiger partial charge in [-0.2, -0.15) is 0 Å². The number of benzene rings is 1. The number of carbonyl (C=O) groups excluding carboxylic acids is 2. The molecule has 166 valence electrons. The van der Waals surface area contributed by atoms with E-state index < -0.39 is 0 Å². The highest BCUT2D eigenvalue weighted by Crippen LogP contribution is 2.43. The van der Waals surface area contributed by atoms with Gasteiger partial charge in [0.1, 0.15) is 5.52 Å². The Kier molecular flexibility index (Phi) is 4.80. The highest BCUT2D eigenvalue weighted by Gasteiger charge is 2.31. The lowest BCUT2D eigenvalue weighted by Crippen LogP contribution is -2.46. The fraction of sp³-hybridized carbons (Fsp3) is 0.375. The molecule has 1 fully saturated rings. The molecular formula is C24H27N5O3. The quantitative estimate of drug-likeness (QED) is 0.650. The topological polar surface area (TPSA) is 90.4 Å². The first kappa shape index (κ1) is 20.4. The van der Waals surface area contributed by atoms with Gasteiger partial charge in [0, 0.05) is 86.9 Å². The Morgan fingerprint density at radius 1 is 1.12 bits per heavy atom. The highest BCUT2D eigenvalue weighted by molar-refractivity contribution is 6.03. The van der Waals surface area contributed by atoms with Crippen LogP contribution in [-0.4, -0.2) is 45.4 Å². The highest BCUT2D eigenvalue weighted by atomic mass is 16.2. The van der Waals surface area contributed by atoms with E-state index in [4.69, 9.17) is 0 Å². The zero-order chi connectivity index (χ0) is 22.6. The first-order valence-electron chi connectivity index (χ1n) is 11.0. The molecule has 2 aliphatic heterocycles. The zero-order valence-electron chi connectivity index (χ0n) is 18.6. The van der Waals surface area contributed by atoms with E-state index in [1.807, 2.05) is 41.0 Å². The van der Waals surface area contributed by atoms with Gasteiger partial charge in [0.2, 0.25) is 11.8 Å². The van der Waals surface area contributed by atoms with Gasteiger partial charge in [-0.15, -0.1) is 0 Å². The molecule has 0 bridgehead atoms. The smallest absolute Gasteiger partial charge is 0.272 e. The van der Waals surface area contributed by atoms with Crippen molar-refractivity contribution in [1.29, 1.82) is 0 Å². The summed E-state index contributed by atoms with van der Waals surface area (Å²) in [6, 6.07) is 6.26. The summed E-state index contributed by atoms with van der Waals surface area (Å²) < 4.78 is 1.88. The van der Waals surface area contributed by atoms with Crippen LogP contribution in [0.2, 0.25) is 0 Å². The number of pyridine rings is 1. The second-order valence-corrected chi connectivity index (χ2v) is 8.80. The number of H-pyrrole nitrogens is 1. The van der Waals surface area contributed by atoms with Crippen LogP contribution in [0.3, 0.4) is 0 Å². The van der Waals surface area contributed by atoms with Crippen LogP contribution < -0.4 is 15.8 Å². The average molecular weight is 434 g/mol. The summed E-state index contributed by atoms with van der Waals surface area (Å²) in [5, 5.41) is 3.85. The van der Waals surface area contributed by atoms with Gasteiger partial charge < -0.3 is 24.7 Å². The van der Waals surface area contributed by atoms with E-state index in [1.54, 1.807) is 6.92 Å². The number of hydrogen-bond acceptors (Lipinski definition) is 4. The van der Waals surface area contributed by atoms with E-state index in [0.29, 0.717) is 12.1 Å². The lowest BCUT2D eigenvalue weighted by Gasteiger charge is -2.40. The van der Waals surface area contributed by atoms with Crippen molar-refractivity contribution in [2.45, 2.75) is 39.3 Å². The van der Waals surface area contributed by atoms with Crippen LogP contribution in [0, 0.1) is 0 Å². The van der Waals surface area contributed by atoms with Crippen molar-refractivity contribution in [3.8, 4) is 11.1 Å². The van der Waals surface area contributed by atoms with Crippen molar-refractivity contribution in [1.82, 2.24) is 14.5 Å². The largest absolute Gasteiger partial charge is 0.363 e. The molecule has 2 aliphatic rings. The maximum absolute atomic E-state index is 12.6. The van der Waals surface area contributed by atoms with Gasteiger partial charge >= 0.3 is 0 Å². The molecule has 0 saturated carbocycles. The minimum absolute atomic E-state index is 0.111. The first-order valence-corrected chi connectivity index (χ1v) is 11.0. The predicted octanol–water partition coefficient (Wildman–Crippen LogP) is 2.82. The zero-order valence-corrected chi connectivity index (χ0v) is 18.6. The number of nitrogens with zero attached hydrogens (tertiary/aromatic N) is 3. The van der Waals surface area contributed by atoms with Gasteiger partial charge in [0.15, 0.2) is 0 Å². The lowest BCUT2D eigenvalue weighted by atomic mass is 9.99. The number of aryl methyl sites for hydroxylation is 1. The minimum Gasteiger partial charge on any atom is -0.363 e. The molecule has 1 saturated heterocycles. The third-order valence-electron chi connectivity index (χ3n) is 6.70. The number of rotatable bonds is 2. The van der Waals surface area contributed by atoms with E-state index in [0.717, 1.165) is 59.4 Å². The number of piperidine rings is 1. The monoisotopic (exact) mass is 433 g/mol. The number of hydrogen-bond donors (Lipinski definition) is 2. The van der Waals surface area contributed by atoms with Crippen LogP contribution >= 0.6 is 0 Å². The Balaban J connectivity index is 1.66. The molecule has 0 aliphatic carbocycles. The van der Waals surface area contributed by atoms with Crippen molar-refractivity contribution in [3.05, 3.63) is 46.5 Å². The van der Waals surface area contributed by atoms with Crippen molar-refractivity contribution in [3.63, 3.8) is 0 Å². The van der Waals surface area contributed by atoms with Crippen LogP contribution in [0.5, 0.6) is 0 Å².